The van der Waals surface area contributed by atoms with Crippen LogP contribution in [0, 0.1) is 0 Å². The molecule has 0 radical (unpaired) electrons. The van der Waals surface area contributed by atoms with Crippen LogP contribution in [0.5, 0.6) is 0 Å². The van der Waals surface area contributed by atoms with Crippen LogP contribution >= 0.6 is 23.2 Å². The Morgan fingerprint density at radius 1 is 1.31 bits per heavy atom. The summed E-state index contributed by atoms with van der Waals surface area (Å²) in [5.41, 5.74) is 0.865. The van der Waals surface area contributed by atoms with Gasteiger partial charge in [-0.1, -0.05) is 23.2 Å². The largest absolute Gasteiger partial charge is 0.439 e. The highest BCUT2D eigenvalue weighted by atomic mass is 35.5. The molecular formula is C11H10Cl2N2O. The molecule has 0 bridgehead atoms. The van der Waals surface area contributed by atoms with Gasteiger partial charge < -0.3 is 9.73 Å². The van der Waals surface area contributed by atoms with E-state index in [2.05, 4.69) is 10.3 Å². The van der Waals surface area contributed by atoms with Gasteiger partial charge in [0.15, 0.2) is 5.76 Å². The van der Waals surface area contributed by atoms with Crippen LogP contribution in [-0.2, 0) is 6.54 Å². The Kier molecular flexibility index (Phi) is 3.49. The quantitative estimate of drug-likeness (QED) is 0.916. The minimum atomic E-state index is 0.505. The van der Waals surface area contributed by atoms with Crippen LogP contribution in [-0.4, -0.2) is 12.0 Å². The smallest absolute Gasteiger partial charge is 0.208 e. The molecule has 1 aromatic carbocycles. The molecule has 1 aromatic heterocycles. The first-order chi connectivity index (χ1) is 7.70. The van der Waals surface area contributed by atoms with Gasteiger partial charge in [-0.2, -0.15) is 0 Å². The lowest BCUT2D eigenvalue weighted by atomic mass is 10.2. The van der Waals surface area contributed by atoms with Crippen LogP contribution in [0.4, 0.5) is 0 Å². The first-order valence-corrected chi connectivity index (χ1v) is 5.51. The van der Waals surface area contributed by atoms with Crippen LogP contribution in [0.15, 0.2) is 28.8 Å². The van der Waals surface area contributed by atoms with Gasteiger partial charge in [-0.05, 0) is 25.2 Å². The van der Waals surface area contributed by atoms with E-state index in [0.29, 0.717) is 28.2 Å². The summed E-state index contributed by atoms with van der Waals surface area (Å²) >= 11 is 11.8. The Bertz CT molecular complexity index is 496. The van der Waals surface area contributed by atoms with E-state index < -0.39 is 0 Å². The van der Waals surface area contributed by atoms with Crippen molar-refractivity contribution in [2.45, 2.75) is 6.54 Å². The van der Waals surface area contributed by atoms with Crippen molar-refractivity contribution in [3.8, 4) is 11.3 Å². The van der Waals surface area contributed by atoms with Crippen molar-refractivity contribution in [3.05, 3.63) is 40.3 Å². The summed E-state index contributed by atoms with van der Waals surface area (Å²) in [6.45, 7) is 0.599. The van der Waals surface area contributed by atoms with Crippen molar-refractivity contribution in [2.24, 2.45) is 0 Å². The maximum absolute atomic E-state index is 5.93. The fourth-order valence-electron chi connectivity index (χ4n) is 1.33. The minimum Gasteiger partial charge on any atom is -0.439 e. The van der Waals surface area contributed by atoms with Gasteiger partial charge in [0, 0.05) is 5.56 Å². The van der Waals surface area contributed by atoms with Gasteiger partial charge in [0.1, 0.15) is 0 Å². The van der Waals surface area contributed by atoms with Gasteiger partial charge in [-0.3, -0.25) is 0 Å². The van der Waals surface area contributed by atoms with Gasteiger partial charge in [-0.25, -0.2) is 4.98 Å². The fraction of sp³-hybridized carbons (Fsp3) is 0.182. The van der Waals surface area contributed by atoms with E-state index >= 15 is 0 Å². The van der Waals surface area contributed by atoms with Crippen LogP contribution in [0.3, 0.4) is 0 Å². The zero-order chi connectivity index (χ0) is 11.5. The van der Waals surface area contributed by atoms with Crippen LogP contribution in [0.2, 0.25) is 10.0 Å². The van der Waals surface area contributed by atoms with E-state index in [4.69, 9.17) is 27.6 Å². The van der Waals surface area contributed by atoms with Crippen molar-refractivity contribution < 1.29 is 4.42 Å². The molecule has 0 fully saturated rings. The molecule has 0 saturated heterocycles. The highest BCUT2D eigenvalue weighted by molar-refractivity contribution is 6.42. The first kappa shape index (κ1) is 11.5. The summed E-state index contributed by atoms with van der Waals surface area (Å²) in [5.74, 6) is 1.33. The van der Waals surface area contributed by atoms with E-state index in [1.54, 1.807) is 18.3 Å². The van der Waals surface area contributed by atoms with Crippen molar-refractivity contribution >= 4 is 23.2 Å². The van der Waals surface area contributed by atoms with Gasteiger partial charge in [-0.15, -0.1) is 0 Å². The summed E-state index contributed by atoms with van der Waals surface area (Å²) in [6, 6.07) is 5.34. The Labute approximate surface area is 103 Å². The highest BCUT2D eigenvalue weighted by Gasteiger charge is 2.07. The average molecular weight is 257 g/mol. The Hall–Kier alpha value is -1.03. The normalized spacial score (nSPS) is 10.7. The lowest BCUT2D eigenvalue weighted by molar-refractivity contribution is 0.491. The van der Waals surface area contributed by atoms with Gasteiger partial charge in [0.2, 0.25) is 5.89 Å². The molecule has 0 spiro atoms. The first-order valence-electron chi connectivity index (χ1n) is 4.75. The van der Waals surface area contributed by atoms with E-state index in [1.165, 1.54) is 0 Å². The lowest BCUT2D eigenvalue weighted by Gasteiger charge is -1.99. The predicted molar refractivity (Wildman–Crippen MR) is 64.7 cm³/mol. The summed E-state index contributed by atoms with van der Waals surface area (Å²) < 4.78 is 5.53. The van der Waals surface area contributed by atoms with Crippen LogP contribution < -0.4 is 5.32 Å². The number of aromatic nitrogens is 1. The van der Waals surface area contributed by atoms with E-state index in [-0.39, 0.29) is 0 Å². The summed E-state index contributed by atoms with van der Waals surface area (Å²) in [5, 5.41) is 4.00. The third-order valence-corrected chi connectivity index (χ3v) is 2.82. The number of nitrogens with zero attached hydrogens (tertiary/aromatic N) is 1. The Morgan fingerprint density at radius 2 is 2.12 bits per heavy atom. The molecule has 1 heterocycles. The fourth-order valence-corrected chi connectivity index (χ4v) is 1.62. The van der Waals surface area contributed by atoms with Crippen molar-refractivity contribution in [1.82, 2.24) is 10.3 Å². The second-order valence-corrected chi connectivity index (χ2v) is 4.09. The second kappa shape index (κ2) is 4.87. The molecular weight excluding hydrogens is 247 g/mol. The molecule has 0 aliphatic rings. The van der Waals surface area contributed by atoms with Gasteiger partial charge in [0.25, 0.3) is 0 Å². The van der Waals surface area contributed by atoms with Crippen molar-refractivity contribution in [1.29, 1.82) is 0 Å². The SMILES string of the molecule is CNCc1ncc(-c2ccc(Cl)c(Cl)c2)o1. The summed E-state index contributed by atoms with van der Waals surface area (Å²) in [7, 11) is 1.84. The zero-order valence-corrected chi connectivity index (χ0v) is 10.1. The zero-order valence-electron chi connectivity index (χ0n) is 8.63. The Balaban J connectivity index is 2.31. The molecule has 3 nitrogen and oxygen atoms in total. The number of hydrogen-bond donors (Lipinski definition) is 1. The van der Waals surface area contributed by atoms with Crippen LogP contribution in [0.25, 0.3) is 11.3 Å². The summed E-state index contributed by atoms with van der Waals surface area (Å²) in [4.78, 5) is 4.13. The topological polar surface area (TPSA) is 38.1 Å². The molecule has 0 amide bonds. The molecule has 2 aromatic rings. The molecule has 0 saturated carbocycles. The number of benzene rings is 1. The van der Waals surface area contributed by atoms with Gasteiger partial charge >= 0.3 is 0 Å². The number of rotatable bonds is 3. The third-order valence-electron chi connectivity index (χ3n) is 2.09. The minimum absolute atomic E-state index is 0.505. The number of halogens is 2. The van der Waals surface area contributed by atoms with Crippen molar-refractivity contribution in [3.63, 3.8) is 0 Å². The molecule has 0 unspecified atom stereocenters. The van der Waals surface area contributed by atoms with Crippen molar-refractivity contribution in [2.75, 3.05) is 7.05 Å². The van der Waals surface area contributed by atoms with E-state index in [0.717, 1.165) is 5.56 Å². The summed E-state index contributed by atoms with van der Waals surface area (Å²) in [6.07, 6.45) is 1.67. The molecule has 2 rings (SSSR count). The second-order valence-electron chi connectivity index (χ2n) is 3.28. The highest BCUT2D eigenvalue weighted by Crippen LogP contribution is 2.28. The molecule has 1 N–H and O–H groups in total. The van der Waals surface area contributed by atoms with Crippen LogP contribution in [0.1, 0.15) is 5.89 Å². The number of nitrogens with one attached hydrogen (secondary N) is 1. The monoisotopic (exact) mass is 256 g/mol. The third kappa shape index (κ3) is 2.38. The molecule has 5 heteroatoms. The average Bonchev–Trinajstić information content (AvgIpc) is 2.71. The molecule has 0 aliphatic carbocycles. The molecule has 0 aliphatic heterocycles. The molecule has 16 heavy (non-hydrogen) atoms. The van der Waals surface area contributed by atoms with Gasteiger partial charge in [0.05, 0.1) is 22.8 Å². The molecule has 84 valence electrons. The predicted octanol–water partition coefficient (Wildman–Crippen LogP) is 3.37. The maximum Gasteiger partial charge on any atom is 0.208 e. The number of hydrogen-bond acceptors (Lipinski definition) is 3. The number of oxazole rings is 1. The standard InChI is InChI=1S/C11H10Cl2N2O/c1-14-6-11-15-5-10(16-11)7-2-3-8(12)9(13)4-7/h2-5,14H,6H2,1H3. The maximum atomic E-state index is 5.93. The molecule has 0 atom stereocenters. The Morgan fingerprint density at radius 3 is 2.81 bits per heavy atom. The lowest BCUT2D eigenvalue weighted by Crippen LogP contribution is -2.04. The van der Waals surface area contributed by atoms with E-state index in [9.17, 15) is 0 Å². The van der Waals surface area contributed by atoms with E-state index in [1.807, 2.05) is 13.1 Å².